The molecule has 0 aromatic heterocycles. The summed E-state index contributed by atoms with van der Waals surface area (Å²) < 4.78 is 49.0. The molecule has 0 fully saturated rings. The monoisotopic (exact) mass is 453 g/mol. The molecule has 0 unspecified atom stereocenters. The molecule has 0 saturated carbocycles. The highest BCUT2D eigenvalue weighted by molar-refractivity contribution is 14.1. The molecule has 0 N–H and O–H groups in total. The first-order valence-electron chi connectivity index (χ1n) is 6.68. The van der Waals surface area contributed by atoms with Crippen molar-refractivity contribution < 1.29 is 27.6 Å². The first-order chi connectivity index (χ1) is 11.2. The number of nitrogens with zero attached hydrogens (tertiary/aromatic N) is 1. The van der Waals surface area contributed by atoms with E-state index in [1.54, 1.807) is 29.5 Å². The summed E-state index contributed by atoms with van der Waals surface area (Å²) in [7, 11) is 0. The van der Waals surface area contributed by atoms with Gasteiger partial charge in [-0.15, -0.1) is 0 Å². The lowest BCUT2D eigenvalue weighted by Crippen LogP contribution is -2.05. The fourth-order valence-corrected chi connectivity index (χ4v) is 2.49. The van der Waals surface area contributed by atoms with Gasteiger partial charge in [-0.2, -0.15) is 13.2 Å². The van der Waals surface area contributed by atoms with Crippen molar-refractivity contribution in [1.29, 1.82) is 0 Å². The van der Waals surface area contributed by atoms with Crippen molar-refractivity contribution in [2.24, 2.45) is 0 Å². The Bertz CT molecular complexity index is 765. The highest BCUT2D eigenvalue weighted by atomic mass is 127. The maximum absolute atomic E-state index is 12.7. The zero-order chi connectivity index (χ0) is 17.9. The third-order valence-electron chi connectivity index (χ3n) is 2.91. The van der Waals surface area contributed by atoms with Gasteiger partial charge in [-0.3, -0.25) is 10.1 Å². The van der Waals surface area contributed by atoms with E-state index in [0.717, 1.165) is 12.1 Å². The van der Waals surface area contributed by atoms with Crippen molar-refractivity contribution in [3.8, 4) is 17.2 Å². The molecule has 2 aromatic rings. The van der Waals surface area contributed by atoms with E-state index >= 15 is 0 Å². The second-order valence-electron chi connectivity index (χ2n) is 4.56. The lowest BCUT2D eigenvalue weighted by molar-refractivity contribution is -0.385. The number of nitro groups is 1. The molecule has 0 aliphatic carbocycles. The Hall–Kier alpha value is -2.04. The molecule has 0 aliphatic rings. The van der Waals surface area contributed by atoms with Crippen molar-refractivity contribution in [3.63, 3.8) is 0 Å². The largest absolute Gasteiger partial charge is 0.487 e. The summed E-state index contributed by atoms with van der Waals surface area (Å²) in [4.78, 5) is 10.3. The molecule has 0 radical (unpaired) electrons. The first kappa shape index (κ1) is 18.3. The maximum atomic E-state index is 12.7. The van der Waals surface area contributed by atoms with Gasteiger partial charge in [-0.05, 0) is 53.8 Å². The third-order valence-corrected chi connectivity index (χ3v) is 3.76. The van der Waals surface area contributed by atoms with Crippen LogP contribution in [0.5, 0.6) is 17.2 Å². The molecule has 5 nitrogen and oxygen atoms in total. The van der Waals surface area contributed by atoms with Crippen LogP contribution in [0, 0.1) is 13.7 Å². The van der Waals surface area contributed by atoms with Gasteiger partial charge in [0.2, 0.25) is 5.75 Å². The summed E-state index contributed by atoms with van der Waals surface area (Å²) >= 11 is 1.73. The Morgan fingerprint density at radius 1 is 1.17 bits per heavy atom. The number of nitro benzene ring substituents is 1. The van der Waals surface area contributed by atoms with Crippen molar-refractivity contribution in [1.82, 2.24) is 0 Å². The molecule has 0 amide bonds. The third kappa shape index (κ3) is 4.28. The van der Waals surface area contributed by atoms with Crippen LogP contribution in [0.3, 0.4) is 0 Å². The zero-order valence-corrected chi connectivity index (χ0v) is 14.4. The molecule has 9 heteroatoms. The number of halogens is 4. The summed E-state index contributed by atoms with van der Waals surface area (Å²) in [5.74, 6) is 0.462. The van der Waals surface area contributed by atoms with E-state index in [4.69, 9.17) is 9.47 Å². The van der Waals surface area contributed by atoms with Crippen LogP contribution in [0.25, 0.3) is 0 Å². The topological polar surface area (TPSA) is 61.6 Å². The molecule has 0 heterocycles. The van der Waals surface area contributed by atoms with Crippen molar-refractivity contribution in [3.05, 3.63) is 55.6 Å². The molecule has 0 atom stereocenters. The predicted molar refractivity (Wildman–Crippen MR) is 88.5 cm³/mol. The Morgan fingerprint density at radius 2 is 1.88 bits per heavy atom. The molecule has 24 heavy (non-hydrogen) atoms. The average molecular weight is 453 g/mol. The average Bonchev–Trinajstić information content (AvgIpc) is 2.48. The van der Waals surface area contributed by atoms with E-state index in [-0.39, 0.29) is 33.1 Å². The smallest absolute Gasteiger partial charge is 0.416 e. The molecular weight excluding hydrogens is 442 g/mol. The standard InChI is InChI=1S/C15H11F3INO4/c1-2-23-14-8-10(4-5-12(14)20(21)22)24-13-6-3-9(7-11(13)19)15(16,17)18/h3-8H,2H2,1H3. The van der Waals surface area contributed by atoms with Gasteiger partial charge in [-0.1, -0.05) is 0 Å². The summed E-state index contributed by atoms with van der Waals surface area (Å²) in [6, 6.07) is 6.98. The van der Waals surface area contributed by atoms with Gasteiger partial charge in [0.15, 0.2) is 0 Å². The second-order valence-corrected chi connectivity index (χ2v) is 5.73. The molecule has 2 aromatic carbocycles. The number of hydrogen-bond acceptors (Lipinski definition) is 4. The summed E-state index contributed by atoms with van der Waals surface area (Å²) in [5, 5.41) is 10.9. The van der Waals surface area contributed by atoms with Crippen LogP contribution < -0.4 is 9.47 Å². The molecule has 0 aliphatic heterocycles. The van der Waals surface area contributed by atoms with Gasteiger partial charge in [0.25, 0.3) is 0 Å². The Labute approximate surface area is 148 Å². The lowest BCUT2D eigenvalue weighted by atomic mass is 10.2. The molecule has 0 saturated heterocycles. The SMILES string of the molecule is CCOc1cc(Oc2ccc(C(F)(F)F)cc2I)ccc1[N+](=O)[O-]. The van der Waals surface area contributed by atoms with Crippen LogP contribution in [0.1, 0.15) is 12.5 Å². The molecule has 0 bridgehead atoms. The normalized spacial score (nSPS) is 11.2. The van der Waals surface area contributed by atoms with E-state index in [2.05, 4.69) is 0 Å². The fourth-order valence-electron chi connectivity index (χ4n) is 1.87. The number of benzene rings is 2. The van der Waals surface area contributed by atoms with Crippen LogP contribution in [-0.2, 0) is 6.18 Å². The van der Waals surface area contributed by atoms with Crippen LogP contribution in [-0.4, -0.2) is 11.5 Å². The summed E-state index contributed by atoms with van der Waals surface area (Å²) in [5.41, 5.74) is -0.996. The molecule has 128 valence electrons. The Balaban J connectivity index is 2.31. The Morgan fingerprint density at radius 3 is 2.42 bits per heavy atom. The fraction of sp³-hybridized carbons (Fsp3) is 0.200. The first-order valence-corrected chi connectivity index (χ1v) is 7.76. The van der Waals surface area contributed by atoms with E-state index in [1.807, 2.05) is 0 Å². The molecular formula is C15H11F3INO4. The number of hydrogen-bond donors (Lipinski definition) is 0. The highest BCUT2D eigenvalue weighted by Gasteiger charge is 2.31. The van der Waals surface area contributed by atoms with Crippen molar-refractivity contribution >= 4 is 28.3 Å². The van der Waals surface area contributed by atoms with E-state index in [9.17, 15) is 23.3 Å². The molecule has 2 rings (SSSR count). The van der Waals surface area contributed by atoms with E-state index in [0.29, 0.717) is 0 Å². The number of alkyl halides is 3. The summed E-state index contributed by atoms with van der Waals surface area (Å²) in [6.07, 6.45) is -4.44. The van der Waals surface area contributed by atoms with Gasteiger partial charge < -0.3 is 9.47 Å². The molecule has 0 spiro atoms. The van der Waals surface area contributed by atoms with E-state index in [1.165, 1.54) is 24.3 Å². The number of ether oxygens (including phenoxy) is 2. The summed E-state index contributed by atoms with van der Waals surface area (Å²) in [6.45, 7) is 1.90. The minimum absolute atomic E-state index is 0.0296. The minimum Gasteiger partial charge on any atom is -0.487 e. The zero-order valence-electron chi connectivity index (χ0n) is 12.3. The van der Waals surface area contributed by atoms with Gasteiger partial charge in [0, 0.05) is 12.1 Å². The number of rotatable bonds is 5. The van der Waals surface area contributed by atoms with Crippen molar-refractivity contribution in [2.75, 3.05) is 6.61 Å². The van der Waals surface area contributed by atoms with Crippen molar-refractivity contribution in [2.45, 2.75) is 13.1 Å². The minimum atomic E-state index is -4.44. The van der Waals surface area contributed by atoms with Crippen LogP contribution in [0.2, 0.25) is 0 Å². The van der Waals surface area contributed by atoms with Gasteiger partial charge in [0.05, 0.1) is 20.7 Å². The van der Waals surface area contributed by atoms with Gasteiger partial charge in [-0.25, -0.2) is 0 Å². The predicted octanol–water partition coefficient (Wildman–Crippen LogP) is 5.41. The van der Waals surface area contributed by atoms with Crippen LogP contribution >= 0.6 is 22.6 Å². The van der Waals surface area contributed by atoms with Gasteiger partial charge >= 0.3 is 11.9 Å². The maximum Gasteiger partial charge on any atom is 0.416 e. The van der Waals surface area contributed by atoms with E-state index < -0.39 is 16.7 Å². The van der Waals surface area contributed by atoms with Crippen LogP contribution in [0.4, 0.5) is 18.9 Å². The van der Waals surface area contributed by atoms with Gasteiger partial charge in [0.1, 0.15) is 11.5 Å². The van der Waals surface area contributed by atoms with Crippen LogP contribution in [0.15, 0.2) is 36.4 Å². The Kier molecular flexibility index (Phi) is 5.52. The quantitative estimate of drug-likeness (QED) is 0.345. The highest BCUT2D eigenvalue weighted by Crippen LogP contribution is 2.37. The second kappa shape index (κ2) is 7.24. The lowest BCUT2D eigenvalue weighted by Gasteiger charge is -2.12.